The summed E-state index contributed by atoms with van der Waals surface area (Å²) >= 11 is 0. The summed E-state index contributed by atoms with van der Waals surface area (Å²) in [5, 5.41) is 0. The fourth-order valence-electron chi connectivity index (χ4n) is 3.41. The van der Waals surface area contributed by atoms with Crippen molar-refractivity contribution in [3.05, 3.63) is 11.1 Å². The fourth-order valence-corrected chi connectivity index (χ4v) is 3.41. The van der Waals surface area contributed by atoms with Gasteiger partial charge < -0.3 is 9.47 Å². The van der Waals surface area contributed by atoms with Gasteiger partial charge >= 0.3 is 11.9 Å². The first-order valence-corrected chi connectivity index (χ1v) is 7.53. The third-order valence-electron chi connectivity index (χ3n) is 4.53. The van der Waals surface area contributed by atoms with E-state index in [4.69, 9.17) is 9.47 Å². The lowest BCUT2D eigenvalue weighted by molar-refractivity contribution is -0.171. The minimum atomic E-state index is -1.27. The third-order valence-corrected chi connectivity index (χ3v) is 4.53. The van der Waals surface area contributed by atoms with Crippen LogP contribution in [0.3, 0.4) is 0 Å². The molecule has 5 nitrogen and oxygen atoms in total. The molecule has 0 aromatic carbocycles. The maximum atomic E-state index is 12.4. The molecule has 0 amide bonds. The van der Waals surface area contributed by atoms with Gasteiger partial charge in [-0.3, -0.25) is 14.4 Å². The van der Waals surface area contributed by atoms with Gasteiger partial charge in [-0.25, -0.2) is 0 Å². The minimum Gasteiger partial charge on any atom is -0.465 e. The first kappa shape index (κ1) is 15.7. The van der Waals surface area contributed by atoms with E-state index in [1.54, 1.807) is 20.8 Å². The third kappa shape index (κ3) is 2.61. The predicted molar refractivity (Wildman–Crippen MR) is 75.4 cm³/mol. The van der Waals surface area contributed by atoms with Crippen LogP contribution in [0.5, 0.6) is 0 Å². The summed E-state index contributed by atoms with van der Waals surface area (Å²) in [6.45, 7) is 5.67. The first-order chi connectivity index (χ1) is 9.96. The summed E-state index contributed by atoms with van der Waals surface area (Å²) in [6.07, 6.45) is 1.84. The van der Waals surface area contributed by atoms with Crippen LogP contribution in [-0.4, -0.2) is 30.9 Å². The number of ether oxygens (including phenoxy) is 2. The number of Topliss-reactive ketones (excluding diaryl/α,β-unsaturated/α-hetero) is 1. The van der Waals surface area contributed by atoms with Gasteiger partial charge in [0.1, 0.15) is 0 Å². The van der Waals surface area contributed by atoms with Crippen LogP contribution in [0.4, 0.5) is 0 Å². The highest BCUT2D eigenvalue weighted by molar-refractivity contribution is 6.03. The zero-order valence-electron chi connectivity index (χ0n) is 12.9. The molecule has 0 aromatic rings. The summed E-state index contributed by atoms with van der Waals surface area (Å²) in [5.74, 6) is -0.822. The lowest BCUT2D eigenvalue weighted by Gasteiger charge is -2.24. The van der Waals surface area contributed by atoms with E-state index in [0.717, 1.165) is 5.57 Å². The van der Waals surface area contributed by atoms with Gasteiger partial charge in [0, 0.05) is 6.42 Å². The quantitative estimate of drug-likeness (QED) is 0.587. The highest BCUT2D eigenvalue weighted by Gasteiger charge is 2.56. The van der Waals surface area contributed by atoms with Crippen molar-refractivity contribution in [2.45, 2.75) is 46.5 Å². The Morgan fingerprint density at radius 1 is 1.19 bits per heavy atom. The zero-order chi connectivity index (χ0) is 15.6. The van der Waals surface area contributed by atoms with E-state index in [-0.39, 0.29) is 31.3 Å². The molecule has 0 spiro atoms. The van der Waals surface area contributed by atoms with Crippen molar-refractivity contribution in [2.24, 2.45) is 11.3 Å². The summed E-state index contributed by atoms with van der Waals surface area (Å²) in [7, 11) is 0. The predicted octanol–water partition coefficient (Wildman–Crippen LogP) is 2.19. The first-order valence-electron chi connectivity index (χ1n) is 7.53. The SMILES string of the molecule is CCOC(=O)C1(C(=O)OCC)CC2=C(C)C(=O)CCC2C1. The van der Waals surface area contributed by atoms with Crippen LogP contribution < -0.4 is 0 Å². The standard InChI is InChI=1S/C16H22O5/c1-4-20-14(18)16(15(19)21-5-2)8-11-6-7-13(17)10(3)12(11)9-16/h11H,4-9H2,1-3H3. The molecule has 1 saturated carbocycles. The fraction of sp³-hybridized carbons (Fsp3) is 0.688. The van der Waals surface area contributed by atoms with E-state index >= 15 is 0 Å². The molecule has 0 aromatic heterocycles. The Kier molecular flexibility index (Phi) is 4.49. The molecule has 5 heteroatoms. The van der Waals surface area contributed by atoms with Gasteiger partial charge in [0.15, 0.2) is 11.2 Å². The van der Waals surface area contributed by atoms with Crippen molar-refractivity contribution in [1.82, 2.24) is 0 Å². The molecule has 1 unspecified atom stereocenters. The molecule has 0 aliphatic heterocycles. The average Bonchev–Trinajstić information content (AvgIpc) is 2.85. The number of rotatable bonds is 4. The monoisotopic (exact) mass is 294 g/mol. The van der Waals surface area contributed by atoms with Crippen LogP contribution in [0.15, 0.2) is 11.1 Å². The lowest BCUT2D eigenvalue weighted by atomic mass is 9.84. The van der Waals surface area contributed by atoms with Crippen molar-refractivity contribution >= 4 is 17.7 Å². The van der Waals surface area contributed by atoms with E-state index in [9.17, 15) is 14.4 Å². The Morgan fingerprint density at radius 2 is 1.76 bits per heavy atom. The van der Waals surface area contributed by atoms with Gasteiger partial charge in [-0.05, 0) is 51.5 Å². The molecule has 2 aliphatic carbocycles. The molecular formula is C16H22O5. The molecule has 2 aliphatic rings. The van der Waals surface area contributed by atoms with Gasteiger partial charge in [0.2, 0.25) is 0 Å². The molecular weight excluding hydrogens is 272 g/mol. The van der Waals surface area contributed by atoms with Gasteiger partial charge in [-0.2, -0.15) is 0 Å². The summed E-state index contributed by atoms with van der Waals surface area (Å²) < 4.78 is 10.2. The molecule has 1 atom stereocenters. The number of carbonyl (C=O) groups excluding carboxylic acids is 3. The second kappa shape index (κ2) is 6.00. The summed E-state index contributed by atoms with van der Waals surface area (Å²) in [5.41, 5.74) is 0.381. The van der Waals surface area contributed by atoms with Crippen molar-refractivity contribution in [1.29, 1.82) is 0 Å². The smallest absolute Gasteiger partial charge is 0.323 e. The normalized spacial score (nSPS) is 23.8. The van der Waals surface area contributed by atoms with Crippen LogP contribution >= 0.6 is 0 Å². The molecule has 1 fully saturated rings. The van der Waals surface area contributed by atoms with Gasteiger partial charge in [-0.15, -0.1) is 0 Å². The van der Waals surface area contributed by atoms with E-state index in [0.29, 0.717) is 24.8 Å². The lowest BCUT2D eigenvalue weighted by Crippen LogP contribution is -2.40. The number of fused-ring (bicyclic) bond motifs is 1. The molecule has 116 valence electrons. The number of ketones is 1. The highest BCUT2D eigenvalue weighted by atomic mass is 16.6. The van der Waals surface area contributed by atoms with Crippen molar-refractivity contribution < 1.29 is 23.9 Å². The number of carbonyl (C=O) groups is 3. The largest absolute Gasteiger partial charge is 0.465 e. The minimum absolute atomic E-state index is 0.108. The van der Waals surface area contributed by atoms with Crippen LogP contribution in [0, 0.1) is 11.3 Å². The second-order valence-corrected chi connectivity index (χ2v) is 5.71. The van der Waals surface area contributed by atoms with Crippen LogP contribution in [0.1, 0.15) is 46.5 Å². The van der Waals surface area contributed by atoms with Crippen LogP contribution in [0.25, 0.3) is 0 Å². The number of allylic oxidation sites excluding steroid dienone is 2. The molecule has 0 saturated heterocycles. The Balaban J connectivity index is 2.38. The van der Waals surface area contributed by atoms with Gasteiger partial charge in [-0.1, -0.05) is 5.57 Å². The van der Waals surface area contributed by atoms with Crippen molar-refractivity contribution in [3.8, 4) is 0 Å². The molecule has 21 heavy (non-hydrogen) atoms. The Morgan fingerprint density at radius 3 is 2.29 bits per heavy atom. The molecule has 0 heterocycles. The Labute approximate surface area is 124 Å². The molecule has 0 N–H and O–H groups in total. The average molecular weight is 294 g/mol. The van der Waals surface area contributed by atoms with Gasteiger partial charge in [0.25, 0.3) is 0 Å². The van der Waals surface area contributed by atoms with E-state index in [1.165, 1.54) is 0 Å². The van der Waals surface area contributed by atoms with Crippen LogP contribution in [0.2, 0.25) is 0 Å². The number of hydrogen-bond acceptors (Lipinski definition) is 5. The van der Waals surface area contributed by atoms with E-state index < -0.39 is 17.4 Å². The Bertz CT molecular complexity index is 485. The van der Waals surface area contributed by atoms with E-state index in [1.807, 2.05) is 0 Å². The van der Waals surface area contributed by atoms with E-state index in [2.05, 4.69) is 0 Å². The van der Waals surface area contributed by atoms with Crippen molar-refractivity contribution in [2.75, 3.05) is 13.2 Å². The van der Waals surface area contributed by atoms with Crippen molar-refractivity contribution in [3.63, 3.8) is 0 Å². The molecule has 0 radical (unpaired) electrons. The Hall–Kier alpha value is -1.65. The second-order valence-electron chi connectivity index (χ2n) is 5.71. The maximum absolute atomic E-state index is 12.4. The highest BCUT2D eigenvalue weighted by Crippen LogP contribution is 2.51. The van der Waals surface area contributed by atoms with Gasteiger partial charge in [0.05, 0.1) is 13.2 Å². The number of esters is 2. The van der Waals surface area contributed by atoms with Crippen LogP contribution in [-0.2, 0) is 23.9 Å². The number of hydrogen-bond donors (Lipinski definition) is 0. The summed E-state index contributed by atoms with van der Waals surface area (Å²) in [4.78, 5) is 36.6. The summed E-state index contributed by atoms with van der Waals surface area (Å²) in [6, 6.07) is 0. The molecule has 2 rings (SSSR count). The maximum Gasteiger partial charge on any atom is 0.323 e. The zero-order valence-corrected chi connectivity index (χ0v) is 12.9. The topological polar surface area (TPSA) is 69.7 Å². The molecule has 0 bridgehead atoms.